The van der Waals surface area contributed by atoms with Gasteiger partial charge in [0.15, 0.2) is 11.5 Å². The van der Waals surface area contributed by atoms with E-state index in [4.69, 9.17) is 10.5 Å². The predicted molar refractivity (Wildman–Crippen MR) is 112 cm³/mol. The summed E-state index contributed by atoms with van der Waals surface area (Å²) in [5, 5.41) is 0. The Kier molecular flexibility index (Phi) is 5.26. The highest BCUT2D eigenvalue weighted by Crippen LogP contribution is 2.37. The first-order valence-electron chi connectivity index (χ1n) is 9.51. The second kappa shape index (κ2) is 7.47. The van der Waals surface area contributed by atoms with Gasteiger partial charge in [-0.25, -0.2) is 0 Å². The normalized spacial score (nSPS) is 15.6. The fourth-order valence-corrected chi connectivity index (χ4v) is 3.10. The van der Waals surface area contributed by atoms with Gasteiger partial charge in [-0.15, -0.1) is 0 Å². The predicted octanol–water partition coefficient (Wildman–Crippen LogP) is 5.13. The number of anilines is 2. The van der Waals surface area contributed by atoms with E-state index in [1.807, 2.05) is 18.2 Å². The summed E-state index contributed by atoms with van der Waals surface area (Å²) < 4.78 is 5.93. The van der Waals surface area contributed by atoms with Gasteiger partial charge >= 0.3 is 0 Å². The van der Waals surface area contributed by atoms with Crippen LogP contribution in [0, 0.1) is 0 Å². The number of fused-ring (bicyclic) bond motifs is 1. The van der Waals surface area contributed by atoms with Crippen molar-refractivity contribution in [3.05, 3.63) is 59.4 Å². The summed E-state index contributed by atoms with van der Waals surface area (Å²) in [6.45, 7) is 9.32. The molecule has 1 aliphatic rings. The highest BCUT2D eigenvalue weighted by molar-refractivity contribution is 6.10. The third kappa shape index (κ3) is 4.16. The van der Waals surface area contributed by atoms with E-state index in [1.165, 1.54) is 5.56 Å². The number of hydrogen-bond donors (Lipinski definition) is 1. The minimum atomic E-state index is -0.111. The first-order chi connectivity index (χ1) is 12.8. The maximum absolute atomic E-state index is 13.0. The number of unbranched alkanes of at least 4 members (excludes halogenated alkanes) is 1. The lowest BCUT2D eigenvalue weighted by molar-refractivity contribution is -0.117. The Bertz CT molecular complexity index is 861. The van der Waals surface area contributed by atoms with Gasteiger partial charge in [0, 0.05) is 18.3 Å². The summed E-state index contributed by atoms with van der Waals surface area (Å²) in [6, 6.07) is 13.7. The topological polar surface area (TPSA) is 55.6 Å². The van der Waals surface area contributed by atoms with Crippen LogP contribution >= 0.6 is 0 Å². The molecule has 3 rings (SSSR count). The summed E-state index contributed by atoms with van der Waals surface area (Å²) in [5.74, 6) is 0.844. The molecular weight excluding hydrogens is 336 g/mol. The van der Waals surface area contributed by atoms with Crippen LogP contribution in [-0.2, 0) is 10.2 Å². The van der Waals surface area contributed by atoms with E-state index in [0.29, 0.717) is 23.7 Å². The van der Waals surface area contributed by atoms with Crippen LogP contribution in [0.2, 0.25) is 0 Å². The molecule has 0 saturated carbocycles. The smallest absolute Gasteiger partial charge is 0.294 e. The van der Waals surface area contributed by atoms with E-state index in [0.717, 1.165) is 24.1 Å². The van der Waals surface area contributed by atoms with Crippen LogP contribution in [-0.4, -0.2) is 12.5 Å². The molecule has 0 bridgehead atoms. The monoisotopic (exact) mass is 364 g/mol. The molecule has 1 heterocycles. The largest absolute Gasteiger partial charge is 0.449 e. The number of carbonyl (C=O) groups is 1. The lowest BCUT2D eigenvalue weighted by Gasteiger charge is -2.30. The van der Waals surface area contributed by atoms with Crippen LogP contribution in [0.15, 0.2) is 48.2 Å². The average Bonchev–Trinajstić information content (AvgIpc) is 2.61. The number of amides is 1. The molecule has 2 aromatic rings. The minimum absolute atomic E-state index is 0.0935. The number of ether oxygens (including phenoxy) is 1. The zero-order valence-corrected chi connectivity index (χ0v) is 16.6. The van der Waals surface area contributed by atoms with E-state index >= 15 is 0 Å². The van der Waals surface area contributed by atoms with Crippen molar-refractivity contribution in [2.45, 2.75) is 46.0 Å². The van der Waals surface area contributed by atoms with Crippen LogP contribution in [0.4, 0.5) is 11.4 Å². The van der Waals surface area contributed by atoms with Crippen LogP contribution in [0.25, 0.3) is 6.08 Å². The van der Waals surface area contributed by atoms with E-state index < -0.39 is 0 Å². The van der Waals surface area contributed by atoms with Gasteiger partial charge in [0.25, 0.3) is 5.91 Å². The molecule has 0 atom stereocenters. The van der Waals surface area contributed by atoms with Gasteiger partial charge in [0.1, 0.15) is 0 Å². The summed E-state index contributed by atoms with van der Waals surface area (Å²) >= 11 is 0. The van der Waals surface area contributed by atoms with Gasteiger partial charge in [-0.3, -0.25) is 4.79 Å². The lowest BCUT2D eigenvalue weighted by Crippen LogP contribution is -2.38. The summed E-state index contributed by atoms with van der Waals surface area (Å²) in [7, 11) is 0. The molecule has 4 nitrogen and oxygen atoms in total. The second-order valence-corrected chi connectivity index (χ2v) is 8.02. The van der Waals surface area contributed by atoms with Gasteiger partial charge in [-0.2, -0.15) is 0 Å². The van der Waals surface area contributed by atoms with E-state index in [9.17, 15) is 4.79 Å². The third-order valence-electron chi connectivity index (χ3n) is 4.76. The Morgan fingerprint density at radius 1 is 1.11 bits per heavy atom. The standard InChI is InChI=1S/C23H28N2O2/c1-5-6-13-25-19-12-11-18(24)15-20(19)27-21(22(25)26)14-16-7-9-17(10-8-16)23(2,3)4/h7-12,14-15H,5-6,13,24H2,1-4H3/b21-14+. The maximum Gasteiger partial charge on any atom is 0.294 e. The maximum atomic E-state index is 13.0. The number of rotatable bonds is 4. The van der Waals surface area contributed by atoms with E-state index in [-0.39, 0.29) is 11.3 Å². The fraction of sp³-hybridized carbons (Fsp3) is 0.348. The van der Waals surface area contributed by atoms with E-state index in [2.05, 4.69) is 39.8 Å². The third-order valence-corrected chi connectivity index (χ3v) is 4.76. The molecule has 142 valence electrons. The Labute approximate surface area is 161 Å². The van der Waals surface area contributed by atoms with Gasteiger partial charge in [-0.05, 0) is 41.2 Å². The highest BCUT2D eigenvalue weighted by atomic mass is 16.5. The molecule has 1 amide bonds. The lowest BCUT2D eigenvalue weighted by atomic mass is 9.87. The Balaban J connectivity index is 1.95. The second-order valence-electron chi connectivity index (χ2n) is 8.02. The van der Waals surface area contributed by atoms with E-state index in [1.54, 1.807) is 23.1 Å². The number of hydrogen-bond acceptors (Lipinski definition) is 3. The molecule has 0 saturated heterocycles. The molecule has 0 spiro atoms. The van der Waals surface area contributed by atoms with Crippen molar-refractivity contribution in [2.75, 3.05) is 17.2 Å². The zero-order chi connectivity index (χ0) is 19.6. The molecule has 0 unspecified atom stereocenters. The van der Waals surface area contributed by atoms with Crippen LogP contribution < -0.4 is 15.4 Å². The van der Waals surface area contributed by atoms with Crippen molar-refractivity contribution in [1.82, 2.24) is 0 Å². The zero-order valence-electron chi connectivity index (χ0n) is 16.6. The van der Waals surface area contributed by atoms with Crippen molar-refractivity contribution in [3.63, 3.8) is 0 Å². The van der Waals surface area contributed by atoms with Gasteiger partial charge in [-0.1, -0.05) is 58.4 Å². The first kappa shape index (κ1) is 19.0. The summed E-state index contributed by atoms with van der Waals surface area (Å²) in [4.78, 5) is 14.8. The SMILES string of the molecule is CCCCN1C(=O)/C(=C\c2ccc(C(C)(C)C)cc2)Oc2cc(N)ccc21. The molecule has 0 fully saturated rings. The quantitative estimate of drug-likeness (QED) is 0.604. The molecular formula is C23H28N2O2. The Morgan fingerprint density at radius 3 is 2.44 bits per heavy atom. The summed E-state index contributed by atoms with van der Waals surface area (Å²) in [6.07, 6.45) is 3.76. The molecule has 27 heavy (non-hydrogen) atoms. The molecule has 0 radical (unpaired) electrons. The first-order valence-corrected chi connectivity index (χ1v) is 9.51. The number of carbonyl (C=O) groups excluding carboxylic acids is 1. The highest BCUT2D eigenvalue weighted by Gasteiger charge is 2.30. The number of nitrogens with two attached hydrogens (primary N) is 1. The van der Waals surface area contributed by atoms with Gasteiger partial charge in [0.2, 0.25) is 0 Å². The van der Waals surface area contributed by atoms with Crippen molar-refractivity contribution in [3.8, 4) is 5.75 Å². The number of nitrogens with zero attached hydrogens (tertiary/aromatic N) is 1. The Hall–Kier alpha value is -2.75. The van der Waals surface area contributed by atoms with Crippen LogP contribution in [0.1, 0.15) is 51.7 Å². The molecule has 0 aliphatic carbocycles. The van der Waals surface area contributed by atoms with Gasteiger partial charge < -0.3 is 15.4 Å². The number of benzene rings is 2. The molecule has 1 aliphatic heterocycles. The Morgan fingerprint density at radius 2 is 1.81 bits per heavy atom. The minimum Gasteiger partial charge on any atom is -0.449 e. The van der Waals surface area contributed by atoms with Crippen molar-refractivity contribution in [2.24, 2.45) is 0 Å². The molecule has 2 aromatic carbocycles. The molecule has 4 heteroatoms. The van der Waals surface area contributed by atoms with Crippen molar-refractivity contribution in [1.29, 1.82) is 0 Å². The molecule has 0 aromatic heterocycles. The van der Waals surface area contributed by atoms with Crippen molar-refractivity contribution >= 4 is 23.4 Å². The molecule has 2 N–H and O–H groups in total. The van der Waals surface area contributed by atoms with Crippen LogP contribution in [0.5, 0.6) is 5.75 Å². The number of nitrogen functional groups attached to an aromatic ring is 1. The summed E-state index contributed by atoms with van der Waals surface area (Å²) in [5.41, 5.74) is 9.60. The van der Waals surface area contributed by atoms with Crippen LogP contribution in [0.3, 0.4) is 0 Å². The van der Waals surface area contributed by atoms with Gasteiger partial charge in [0.05, 0.1) is 5.69 Å². The average molecular weight is 364 g/mol. The van der Waals surface area contributed by atoms with Crippen molar-refractivity contribution < 1.29 is 9.53 Å². The fourth-order valence-electron chi connectivity index (χ4n) is 3.10.